The summed E-state index contributed by atoms with van der Waals surface area (Å²) in [7, 11) is 0. The van der Waals surface area contributed by atoms with E-state index in [0.29, 0.717) is 11.5 Å². The first-order valence-electron chi connectivity index (χ1n) is 8.18. The van der Waals surface area contributed by atoms with Crippen molar-refractivity contribution in [1.29, 1.82) is 0 Å². The predicted molar refractivity (Wildman–Crippen MR) is 84.7 cm³/mol. The van der Waals surface area contributed by atoms with Crippen LogP contribution in [0.15, 0.2) is 0 Å². The molecule has 0 spiro atoms. The van der Waals surface area contributed by atoms with E-state index in [2.05, 4.69) is 50.1 Å². The van der Waals surface area contributed by atoms with Gasteiger partial charge in [-0.3, -0.25) is 5.10 Å². The summed E-state index contributed by atoms with van der Waals surface area (Å²) >= 11 is 0. The number of hydrogen-bond donors (Lipinski definition) is 2. The Hall–Kier alpha value is -0.830. The Bertz CT molecular complexity index is 406. The van der Waals surface area contributed by atoms with Crippen molar-refractivity contribution in [3.8, 4) is 0 Å². The summed E-state index contributed by atoms with van der Waals surface area (Å²) in [4.78, 5) is 0. The second-order valence-corrected chi connectivity index (χ2v) is 7.18. The zero-order valence-corrected chi connectivity index (χ0v) is 13.8. The molecule has 20 heavy (non-hydrogen) atoms. The Morgan fingerprint density at radius 3 is 2.35 bits per heavy atom. The van der Waals surface area contributed by atoms with Gasteiger partial charge in [0.25, 0.3) is 0 Å². The van der Waals surface area contributed by atoms with Gasteiger partial charge in [0.2, 0.25) is 0 Å². The molecule has 0 aromatic carbocycles. The maximum atomic E-state index is 4.27. The number of nitrogens with one attached hydrogen (secondary N) is 2. The Morgan fingerprint density at radius 2 is 1.85 bits per heavy atom. The van der Waals surface area contributed by atoms with Gasteiger partial charge in [0.15, 0.2) is 0 Å². The zero-order chi connectivity index (χ0) is 14.8. The van der Waals surface area contributed by atoms with Gasteiger partial charge in [-0.15, -0.1) is 0 Å². The molecule has 2 rings (SSSR count). The van der Waals surface area contributed by atoms with Crippen molar-refractivity contribution >= 4 is 0 Å². The smallest absolute Gasteiger partial charge is 0.0638 e. The summed E-state index contributed by atoms with van der Waals surface area (Å²) < 4.78 is 0. The van der Waals surface area contributed by atoms with Gasteiger partial charge in [-0.2, -0.15) is 5.10 Å². The highest BCUT2D eigenvalue weighted by Crippen LogP contribution is 2.40. The first kappa shape index (κ1) is 15.6. The van der Waals surface area contributed by atoms with E-state index in [-0.39, 0.29) is 0 Å². The standard InChI is InChI=1S/C17H31N3/c1-6-17(4,5)14-7-9-15(10-8-14)18-11-16-12(2)19-20-13(16)3/h14-15,18H,6-11H2,1-5H3,(H,19,20). The van der Waals surface area contributed by atoms with Crippen molar-refractivity contribution in [2.75, 3.05) is 0 Å². The lowest BCUT2D eigenvalue weighted by molar-refractivity contribution is 0.137. The van der Waals surface area contributed by atoms with Crippen LogP contribution < -0.4 is 5.32 Å². The van der Waals surface area contributed by atoms with Crippen LogP contribution in [-0.4, -0.2) is 16.2 Å². The summed E-state index contributed by atoms with van der Waals surface area (Å²) in [5, 5.41) is 11.1. The first-order chi connectivity index (χ1) is 9.44. The highest BCUT2D eigenvalue weighted by atomic mass is 15.1. The van der Waals surface area contributed by atoms with Crippen molar-refractivity contribution in [1.82, 2.24) is 15.5 Å². The van der Waals surface area contributed by atoms with Crippen LogP contribution in [0.3, 0.4) is 0 Å². The average Bonchev–Trinajstić information content (AvgIpc) is 2.76. The van der Waals surface area contributed by atoms with E-state index in [1.807, 2.05) is 0 Å². The number of rotatable bonds is 5. The third kappa shape index (κ3) is 3.43. The van der Waals surface area contributed by atoms with Gasteiger partial charge in [-0.05, 0) is 50.9 Å². The Morgan fingerprint density at radius 1 is 1.20 bits per heavy atom. The quantitative estimate of drug-likeness (QED) is 0.850. The van der Waals surface area contributed by atoms with E-state index >= 15 is 0 Å². The van der Waals surface area contributed by atoms with Crippen molar-refractivity contribution < 1.29 is 0 Å². The van der Waals surface area contributed by atoms with Gasteiger partial charge in [-0.25, -0.2) is 0 Å². The second-order valence-electron chi connectivity index (χ2n) is 7.18. The average molecular weight is 277 g/mol. The van der Waals surface area contributed by atoms with Gasteiger partial charge < -0.3 is 5.32 Å². The van der Waals surface area contributed by atoms with Gasteiger partial charge in [0.1, 0.15) is 0 Å². The Balaban J connectivity index is 1.81. The third-order valence-corrected chi connectivity index (χ3v) is 5.59. The van der Waals surface area contributed by atoms with Crippen LogP contribution in [0.1, 0.15) is 69.8 Å². The number of H-pyrrole nitrogens is 1. The van der Waals surface area contributed by atoms with Crippen LogP contribution in [-0.2, 0) is 6.54 Å². The maximum Gasteiger partial charge on any atom is 0.0638 e. The summed E-state index contributed by atoms with van der Waals surface area (Å²) in [5.41, 5.74) is 4.20. The minimum Gasteiger partial charge on any atom is -0.310 e. The molecule has 1 aromatic heterocycles. The Labute approximate surface area is 123 Å². The molecule has 0 aliphatic heterocycles. The molecule has 1 aromatic rings. The van der Waals surface area contributed by atoms with Crippen molar-refractivity contribution in [3.63, 3.8) is 0 Å². The van der Waals surface area contributed by atoms with Crippen LogP contribution in [0.4, 0.5) is 0 Å². The van der Waals surface area contributed by atoms with Crippen LogP contribution in [0.5, 0.6) is 0 Å². The van der Waals surface area contributed by atoms with Crippen LogP contribution in [0, 0.1) is 25.2 Å². The molecule has 1 fully saturated rings. The number of aryl methyl sites for hydroxylation is 2. The summed E-state index contributed by atoms with van der Waals surface area (Å²) in [6, 6.07) is 0.688. The predicted octanol–water partition coefficient (Wildman–Crippen LogP) is 4.11. The van der Waals surface area contributed by atoms with E-state index in [1.165, 1.54) is 43.4 Å². The highest BCUT2D eigenvalue weighted by molar-refractivity contribution is 5.22. The van der Waals surface area contributed by atoms with E-state index in [1.54, 1.807) is 0 Å². The SMILES string of the molecule is CCC(C)(C)C1CCC(NCc2c(C)n[nH]c2C)CC1. The molecular weight excluding hydrogens is 246 g/mol. The van der Waals surface area contributed by atoms with Crippen LogP contribution >= 0.6 is 0 Å². The van der Waals surface area contributed by atoms with E-state index < -0.39 is 0 Å². The van der Waals surface area contributed by atoms with Gasteiger partial charge in [0, 0.05) is 23.8 Å². The molecule has 1 aliphatic carbocycles. The highest BCUT2D eigenvalue weighted by Gasteiger charge is 2.31. The Kier molecular flexibility index (Phi) is 4.90. The molecule has 0 unspecified atom stereocenters. The first-order valence-corrected chi connectivity index (χ1v) is 8.18. The van der Waals surface area contributed by atoms with Gasteiger partial charge in [-0.1, -0.05) is 27.2 Å². The molecule has 0 radical (unpaired) electrons. The fraction of sp³-hybridized carbons (Fsp3) is 0.824. The molecule has 114 valence electrons. The molecule has 3 nitrogen and oxygen atoms in total. The molecule has 1 aliphatic rings. The number of hydrogen-bond acceptors (Lipinski definition) is 2. The second kappa shape index (κ2) is 6.30. The van der Waals surface area contributed by atoms with Gasteiger partial charge in [0.05, 0.1) is 5.69 Å². The molecule has 2 N–H and O–H groups in total. The summed E-state index contributed by atoms with van der Waals surface area (Å²) in [6.45, 7) is 12.3. The molecular formula is C17H31N3. The molecule has 0 atom stereocenters. The number of nitrogens with zero attached hydrogens (tertiary/aromatic N) is 1. The van der Waals surface area contributed by atoms with Crippen molar-refractivity contribution in [2.45, 2.75) is 79.3 Å². The van der Waals surface area contributed by atoms with E-state index in [4.69, 9.17) is 0 Å². The largest absolute Gasteiger partial charge is 0.310 e. The fourth-order valence-corrected chi connectivity index (χ4v) is 3.45. The van der Waals surface area contributed by atoms with Gasteiger partial charge >= 0.3 is 0 Å². The minimum atomic E-state index is 0.517. The van der Waals surface area contributed by atoms with E-state index in [9.17, 15) is 0 Å². The number of aromatic nitrogens is 2. The molecule has 1 heterocycles. The normalized spacial score (nSPS) is 24.1. The lowest BCUT2D eigenvalue weighted by Crippen LogP contribution is -2.36. The van der Waals surface area contributed by atoms with Crippen LogP contribution in [0.25, 0.3) is 0 Å². The van der Waals surface area contributed by atoms with Crippen LogP contribution in [0.2, 0.25) is 0 Å². The zero-order valence-electron chi connectivity index (χ0n) is 13.8. The molecule has 0 saturated heterocycles. The monoisotopic (exact) mass is 277 g/mol. The summed E-state index contributed by atoms with van der Waals surface area (Å²) in [6.07, 6.45) is 6.70. The molecule has 1 saturated carbocycles. The molecule has 3 heteroatoms. The number of aromatic amines is 1. The third-order valence-electron chi connectivity index (χ3n) is 5.59. The molecule has 0 amide bonds. The van der Waals surface area contributed by atoms with E-state index in [0.717, 1.165) is 18.2 Å². The lowest BCUT2D eigenvalue weighted by Gasteiger charge is -2.39. The lowest BCUT2D eigenvalue weighted by atomic mass is 9.69. The maximum absolute atomic E-state index is 4.27. The summed E-state index contributed by atoms with van der Waals surface area (Å²) in [5.74, 6) is 0.906. The van der Waals surface area contributed by atoms with Crippen molar-refractivity contribution in [3.05, 3.63) is 17.0 Å². The molecule has 0 bridgehead atoms. The van der Waals surface area contributed by atoms with Crippen molar-refractivity contribution in [2.24, 2.45) is 11.3 Å². The minimum absolute atomic E-state index is 0.517. The topological polar surface area (TPSA) is 40.7 Å². The fourth-order valence-electron chi connectivity index (χ4n) is 3.45.